The van der Waals surface area contributed by atoms with E-state index in [1.165, 1.54) is 96.3 Å². The molecule has 0 aliphatic rings. The summed E-state index contributed by atoms with van der Waals surface area (Å²) in [5.74, 6) is 0. The first-order valence-electron chi connectivity index (χ1n) is 11.2. The summed E-state index contributed by atoms with van der Waals surface area (Å²) in [4.78, 5) is 13.0. The van der Waals surface area contributed by atoms with Crippen molar-refractivity contribution >= 4 is 6.03 Å². The van der Waals surface area contributed by atoms with Gasteiger partial charge >= 0.3 is 6.03 Å². The predicted octanol–water partition coefficient (Wildman–Crippen LogP) is 7.04. The molecule has 0 saturated heterocycles. The van der Waals surface area contributed by atoms with Gasteiger partial charge in [-0.25, -0.2) is 4.79 Å². The van der Waals surface area contributed by atoms with Gasteiger partial charge in [-0.2, -0.15) is 0 Å². The number of urea groups is 1. The first-order chi connectivity index (χ1) is 12.1. The number of primary amides is 1. The van der Waals surface area contributed by atoms with Crippen molar-refractivity contribution in [2.45, 2.75) is 130 Å². The van der Waals surface area contributed by atoms with Gasteiger partial charge in [0.15, 0.2) is 0 Å². The predicted molar refractivity (Wildman–Crippen MR) is 111 cm³/mol. The third kappa shape index (κ3) is 16.5. The van der Waals surface area contributed by atoms with E-state index in [1.54, 1.807) is 4.90 Å². The Kier molecular flexibility index (Phi) is 17.5. The number of nitrogens with zero attached hydrogens (tertiary/aromatic N) is 1. The molecule has 0 unspecified atom stereocenters. The lowest BCUT2D eigenvalue weighted by molar-refractivity contribution is 0.191. The zero-order valence-corrected chi connectivity index (χ0v) is 17.5. The second-order valence-corrected chi connectivity index (χ2v) is 7.93. The molecule has 0 aromatic carbocycles. The van der Waals surface area contributed by atoms with Crippen LogP contribution in [0.25, 0.3) is 0 Å². The summed E-state index contributed by atoms with van der Waals surface area (Å²) < 4.78 is 0. The Morgan fingerprint density at radius 1 is 0.680 bits per heavy atom. The highest BCUT2D eigenvalue weighted by molar-refractivity contribution is 5.72. The number of amides is 2. The number of carbonyl (C=O) groups excluding carboxylic acids is 1. The molecule has 0 aliphatic heterocycles. The summed E-state index contributed by atoms with van der Waals surface area (Å²) in [5, 5.41) is 0. The molecule has 0 heterocycles. The fourth-order valence-electron chi connectivity index (χ4n) is 3.45. The lowest BCUT2D eigenvalue weighted by atomic mass is 10.0. The van der Waals surface area contributed by atoms with E-state index in [-0.39, 0.29) is 12.1 Å². The fourth-order valence-corrected chi connectivity index (χ4v) is 3.45. The average molecular weight is 355 g/mol. The van der Waals surface area contributed by atoms with E-state index in [4.69, 9.17) is 5.73 Å². The first-order valence-corrected chi connectivity index (χ1v) is 11.2. The Hall–Kier alpha value is -0.730. The molecule has 2 N–H and O–H groups in total. The Morgan fingerprint density at radius 2 is 1.00 bits per heavy atom. The number of carbonyl (C=O) groups is 1. The zero-order chi connectivity index (χ0) is 18.8. The zero-order valence-electron chi connectivity index (χ0n) is 17.5. The summed E-state index contributed by atoms with van der Waals surface area (Å²) in [7, 11) is 0. The van der Waals surface area contributed by atoms with Crippen molar-refractivity contribution < 1.29 is 4.79 Å². The molecule has 0 bridgehead atoms. The molecule has 0 fully saturated rings. The minimum Gasteiger partial charge on any atom is -0.351 e. The van der Waals surface area contributed by atoms with Gasteiger partial charge in [-0.1, -0.05) is 103 Å². The molecule has 3 heteroatoms. The van der Waals surface area contributed by atoms with Gasteiger partial charge < -0.3 is 10.6 Å². The van der Waals surface area contributed by atoms with Crippen LogP contribution >= 0.6 is 0 Å². The molecular formula is C22H46N2O. The van der Waals surface area contributed by atoms with Crippen LogP contribution in [0.5, 0.6) is 0 Å². The minimum absolute atomic E-state index is 0.217. The van der Waals surface area contributed by atoms with Crippen LogP contribution in [0.2, 0.25) is 0 Å². The monoisotopic (exact) mass is 354 g/mol. The number of rotatable bonds is 18. The fraction of sp³-hybridized carbons (Fsp3) is 0.955. The van der Waals surface area contributed by atoms with Gasteiger partial charge in [0.1, 0.15) is 0 Å². The molecule has 25 heavy (non-hydrogen) atoms. The van der Waals surface area contributed by atoms with Crippen LogP contribution in [0.3, 0.4) is 0 Å². The molecule has 0 spiro atoms. The summed E-state index contributed by atoms with van der Waals surface area (Å²) in [6, 6.07) is -0.0650. The Labute approximate surface area is 158 Å². The van der Waals surface area contributed by atoms with Gasteiger partial charge in [0, 0.05) is 12.6 Å². The van der Waals surface area contributed by atoms with Gasteiger partial charge in [-0.05, 0) is 20.3 Å². The minimum atomic E-state index is -0.282. The highest BCUT2D eigenvalue weighted by atomic mass is 16.2. The van der Waals surface area contributed by atoms with Crippen molar-refractivity contribution in [1.29, 1.82) is 0 Å². The lowest BCUT2D eigenvalue weighted by Crippen LogP contribution is -2.41. The maximum Gasteiger partial charge on any atom is 0.315 e. The van der Waals surface area contributed by atoms with Crippen molar-refractivity contribution in [3.8, 4) is 0 Å². The quantitative estimate of drug-likeness (QED) is 0.264. The van der Waals surface area contributed by atoms with E-state index >= 15 is 0 Å². The standard InChI is InChI=1S/C22H46N2O/c1-4-5-6-7-8-9-10-11-12-13-14-15-16-17-18-19-20-24(21(2)3)22(23)25/h21H,4-20H2,1-3H3,(H2,23,25). The molecule has 0 aromatic rings. The van der Waals surface area contributed by atoms with Crippen LogP contribution in [0.4, 0.5) is 4.79 Å². The summed E-state index contributed by atoms with van der Waals surface area (Å²) in [5.41, 5.74) is 5.39. The Balaban J connectivity index is 3.20. The smallest absolute Gasteiger partial charge is 0.315 e. The van der Waals surface area contributed by atoms with Crippen LogP contribution in [0.15, 0.2) is 0 Å². The third-order valence-corrected chi connectivity index (χ3v) is 5.16. The second-order valence-electron chi connectivity index (χ2n) is 7.93. The van der Waals surface area contributed by atoms with Crippen LogP contribution in [0.1, 0.15) is 124 Å². The topological polar surface area (TPSA) is 46.3 Å². The van der Waals surface area contributed by atoms with E-state index in [0.717, 1.165) is 13.0 Å². The number of hydrogen-bond donors (Lipinski definition) is 1. The van der Waals surface area contributed by atoms with Gasteiger partial charge in [0.2, 0.25) is 0 Å². The van der Waals surface area contributed by atoms with Gasteiger partial charge in [0.05, 0.1) is 0 Å². The van der Waals surface area contributed by atoms with Gasteiger partial charge in [0.25, 0.3) is 0 Å². The summed E-state index contributed by atoms with van der Waals surface area (Å²) in [6.45, 7) is 7.14. The van der Waals surface area contributed by atoms with Crippen LogP contribution in [0, 0.1) is 0 Å². The normalized spacial score (nSPS) is 11.2. The highest BCUT2D eigenvalue weighted by Crippen LogP contribution is 2.14. The Morgan fingerprint density at radius 3 is 1.28 bits per heavy atom. The number of unbranched alkanes of at least 4 members (excludes halogenated alkanes) is 15. The number of nitrogens with two attached hydrogens (primary N) is 1. The molecule has 0 rings (SSSR count). The molecule has 3 nitrogen and oxygen atoms in total. The second kappa shape index (κ2) is 18.1. The van der Waals surface area contributed by atoms with E-state index in [9.17, 15) is 4.79 Å². The average Bonchev–Trinajstić information content (AvgIpc) is 2.57. The lowest BCUT2D eigenvalue weighted by Gasteiger charge is -2.24. The van der Waals surface area contributed by atoms with Crippen molar-refractivity contribution in [3.63, 3.8) is 0 Å². The van der Waals surface area contributed by atoms with Crippen LogP contribution in [-0.4, -0.2) is 23.5 Å². The van der Waals surface area contributed by atoms with E-state index in [0.29, 0.717) is 0 Å². The molecule has 2 amide bonds. The largest absolute Gasteiger partial charge is 0.351 e. The molecule has 0 atom stereocenters. The molecule has 150 valence electrons. The maximum atomic E-state index is 11.3. The third-order valence-electron chi connectivity index (χ3n) is 5.16. The van der Waals surface area contributed by atoms with Crippen molar-refractivity contribution in [1.82, 2.24) is 4.90 Å². The first kappa shape index (κ1) is 24.3. The van der Waals surface area contributed by atoms with E-state index in [2.05, 4.69) is 6.92 Å². The summed E-state index contributed by atoms with van der Waals surface area (Å²) >= 11 is 0. The highest BCUT2D eigenvalue weighted by Gasteiger charge is 2.12. The van der Waals surface area contributed by atoms with E-state index < -0.39 is 0 Å². The molecular weight excluding hydrogens is 308 g/mol. The summed E-state index contributed by atoms with van der Waals surface area (Å²) in [6.07, 6.45) is 22.0. The van der Waals surface area contributed by atoms with Crippen molar-refractivity contribution in [2.75, 3.05) is 6.54 Å². The van der Waals surface area contributed by atoms with Crippen LogP contribution in [-0.2, 0) is 0 Å². The number of hydrogen-bond acceptors (Lipinski definition) is 1. The van der Waals surface area contributed by atoms with Crippen molar-refractivity contribution in [3.05, 3.63) is 0 Å². The molecule has 0 radical (unpaired) electrons. The van der Waals surface area contributed by atoms with Crippen molar-refractivity contribution in [2.24, 2.45) is 5.73 Å². The molecule has 0 aromatic heterocycles. The maximum absolute atomic E-state index is 11.3. The van der Waals surface area contributed by atoms with Crippen LogP contribution < -0.4 is 5.73 Å². The van der Waals surface area contributed by atoms with Gasteiger partial charge in [-0.3, -0.25) is 0 Å². The molecule has 0 saturated carbocycles. The Bertz CT molecular complexity index is 292. The molecule has 0 aliphatic carbocycles. The van der Waals surface area contributed by atoms with Gasteiger partial charge in [-0.15, -0.1) is 0 Å². The van der Waals surface area contributed by atoms with E-state index in [1.807, 2.05) is 13.8 Å². The SMILES string of the molecule is CCCCCCCCCCCCCCCCCCN(C(N)=O)C(C)C.